The van der Waals surface area contributed by atoms with Crippen molar-refractivity contribution >= 4 is 17.6 Å². The molecule has 2 aromatic rings. The number of aromatic carboxylic acids is 1. The fraction of sp³-hybridized carbons (Fsp3) is 0.133. The Labute approximate surface area is 121 Å². The van der Waals surface area contributed by atoms with Crippen molar-refractivity contribution in [1.82, 2.24) is 0 Å². The summed E-state index contributed by atoms with van der Waals surface area (Å²) < 4.78 is 10.8. The van der Waals surface area contributed by atoms with Crippen molar-refractivity contribution in [1.29, 1.82) is 0 Å². The van der Waals surface area contributed by atoms with E-state index in [4.69, 9.17) is 26.2 Å². The highest BCUT2D eigenvalue weighted by molar-refractivity contribution is 6.30. The number of ether oxygens (including phenoxy) is 2. The molecule has 0 atom stereocenters. The SMILES string of the molecule is COc1ccc(C(=O)O)cc1OCc1ccc(Cl)cc1. The topological polar surface area (TPSA) is 55.8 Å². The number of carbonyl (C=O) groups is 1. The van der Waals surface area contributed by atoms with Crippen LogP contribution in [0.4, 0.5) is 0 Å². The van der Waals surface area contributed by atoms with Crippen LogP contribution in [0.5, 0.6) is 11.5 Å². The molecule has 0 unspecified atom stereocenters. The first-order valence-corrected chi connectivity index (χ1v) is 6.26. The fourth-order valence-corrected chi connectivity index (χ4v) is 1.79. The average Bonchev–Trinajstić information content (AvgIpc) is 2.46. The molecule has 1 N–H and O–H groups in total. The standard InChI is InChI=1S/C15H13ClO4/c1-19-13-7-4-11(15(17)18)8-14(13)20-9-10-2-5-12(16)6-3-10/h2-8H,9H2,1H3,(H,17,18). The van der Waals surface area contributed by atoms with E-state index >= 15 is 0 Å². The van der Waals surface area contributed by atoms with Crippen molar-refractivity contribution in [3.8, 4) is 11.5 Å². The Hall–Kier alpha value is -2.20. The number of carboxylic acid groups (broad SMARTS) is 1. The number of halogens is 1. The second kappa shape index (κ2) is 6.30. The van der Waals surface area contributed by atoms with Crippen LogP contribution in [0.15, 0.2) is 42.5 Å². The van der Waals surface area contributed by atoms with Crippen molar-refractivity contribution in [2.75, 3.05) is 7.11 Å². The van der Waals surface area contributed by atoms with Crippen LogP contribution in [0.25, 0.3) is 0 Å². The molecule has 0 aliphatic heterocycles. The molecule has 20 heavy (non-hydrogen) atoms. The molecule has 4 nitrogen and oxygen atoms in total. The van der Waals surface area contributed by atoms with Gasteiger partial charge in [-0.05, 0) is 35.9 Å². The first-order chi connectivity index (χ1) is 9.60. The van der Waals surface area contributed by atoms with E-state index in [1.807, 2.05) is 12.1 Å². The van der Waals surface area contributed by atoms with Gasteiger partial charge in [0, 0.05) is 5.02 Å². The molecule has 0 bridgehead atoms. The van der Waals surface area contributed by atoms with Crippen LogP contribution in [-0.4, -0.2) is 18.2 Å². The Balaban J connectivity index is 2.16. The summed E-state index contributed by atoms with van der Waals surface area (Å²) in [6.45, 7) is 0.302. The summed E-state index contributed by atoms with van der Waals surface area (Å²) in [6, 6.07) is 11.7. The van der Waals surface area contributed by atoms with Crippen LogP contribution in [0.3, 0.4) is 0 Å². The molecule has 0 radical (unpaired) electrons. The van der Waals surface area contributed by atoms with E-state index in [-0.39, 0.29) is 5.56 Å². The normalized spacial score (nSPS) is 10.1. The fourth-order valence-electron chi connectivity index (χ4n) is 1.66. The van der Waals surface area contributed by atoms with Crippen molar-refractivity contribution in [2.24, 2.45) is 0 Å². The molecule has 5 heteroatoms. The van der Waals surface area contributed by atoms with E-state index < -0.39 is 5.97 Å². The van der Waals surface area contributed by atoms with Crippen molar-refractivity contribution in [3.05, 3.63) is 58.6 Å². The van der Waals surface area contributed by atoms with Gasteiger partial charge in [0.25, 0.3) is 0 Å². The lowest BCUT2D eigenvalue weighted by molar-refractivity contribution is 0.0696. The van der Waals surface area contributed by atoms with E-state index in [9.17, 15) is 4.79 Å². The van der Waals surface area contributed by atoms with Gasteiger partial charge < -0.3 is 14.6 Å². The lowest BCUT2D eigenvalue weighted by Crippen LogP contribution is -2.01. The largest absolute Gasteiger partial charge is 0.493 e. The molecule has 0 saturated carbocycles. The number of hydrogen-bond acceptors (Lipinski definition) is 3. The van der Waals surface area contributed by atoms with Crippen LogP contribution in [0, 0.1) is 0 Å². The summed E-state index contributed by atoms with van der Waals surface area (Å²) >= 11 is 5.81. The molecule has 0 spiro atoms. The summed E-state index contributed by atoms with van der Waals surface area (Å²) in [5, 5.41) is 9.63. The zero-order valence-corrected chi connectivity index (χ0v) is 11.6. The Kier molecular flexibility index (Phi) is 4.48. The van der Waals surface area contributed by atoms with E-state index in [1.165, 1.54) is 19.2 Å². The Morgan fingerprint density at radius 2 is 1.85 bits per heavy atom. The number of benzene rings is 2. The quantitative estimate of drug-likeness (QED) is 0.914. The zero-order chi connectivity index (χ0) is 14.5. The highest BCUT2D eigenvalue weighted by Gasteiger charge is 2.10. The van der Waals surface area contributed by atoms with Gasteiger partial charge in [0.05, 0.1) is 12.7 Å². The predicted molar refractivity (Wildman–Crippen MR) is 75.7 cm³/mol. The molecule has 0 amide bonds. The molecule has 0 aliphatic rings. The first-order valence-electron chi connectivity index (χ1n) is 5.88. The first kappa shape index (κ1) is 14.2. The molecule has 2 aromatic carbocycles. The van der Waals surface area contributed by atoms with Gasteiger partial charge in [0.1, 0.15) is 6.61 Å². The molecular formula is C15H13ClO4. The number of hydrogen-bond donors (Lipinski definition) is 1. The second-order valence-corrected chi connectivity index (χ2v) is 4.52. The minimum Gasteiger partial charge on any atom is -0.493 e. The maximum absolute atomic E-state index is 11.0. The summed E-state index contributed by atoms with van der Waals surface area (Å²) in [6.07, 6.45) is 0. The van der Waals surface area contributed by atoms with Crippen LogP contribution in [0.2, 0.25) is 5.02 Å². The average molecular weight is 293 g/mol. The lowest BCUT2D eigenvalue weighted by Gasteiger charge is -2.11. The van der Waals surface area contributed by atoms with E-state index in [1.54, 1.807) is 18.2 Å². The van der Waals surface area contributed by atoms with E-state index in [2.05, 4.69) is 0 Å². The Morgan fingerprint density at radius 1 is 1.15 bits per heavy atom. The third-order valence-electron chi connectivity index (χ3n) is 2.72. The van der Waals surface area contributed by atoms with Crippen LogP contribution in [-0.2, 0) is 6.61 Å². The molecule has 0 aromatic heterocycles. The van der Waals surface area contributed by atoms with Crippen LogP contribution < -0.4 is 9.47 Å². The van der Waals surface area contributed by atoms with Crippen LogP contribution in [0.1, 0.15) is 15.9 Å². The van der Waals surface area contributed by atoms with Gasteiger partial charge in [-0.15, -0.1) is 0 Å². The summed E-state index contributed by atoms with van der Waals surface area (Å²) in [7, 11) is 1.50. The minimum absolute atomic E-state index is 0.150. The Morgan fingerprint density at radius 3 is 2.45 bits per heavy atom. The maximum atomic E-state index is 11.0. The molecule has 0 aliphatic carbocycles. The lowest BCUT2D eigenvalue weighted by atomic mass is 10.2. The highest BCUT2D eigenvalue weighted by Crippen LogP contribution is 2.29. The maximum Gasteiger partial charge on any atom is 0.335 e. The zero-order valence-electron chi connectivity index (χ0n) is 10.8. The monoisotopic (exact) mass is 292 g/mol. The van der Waals surface area contributed by atoms with Gasteiger partial charge in [-0.25, -0.2) is 4.79 Å². The Bertz CT molecular complexity index is 608. The van der Waals surface area contributed by atoms with Crippen molar-refractivity contribution < 1.29 is 19.4 Å². The summed E-state index contributed by atoms with van der Waals surface area (Å²) in [5.41, 5.74) is 1.08. The van der Waals surface area contributed by atoms with Gasteiger partial charge in [0.15, 0.2) is 11.5 Å². The van der Waals surface area contributed by atoms with Crippen molar-refractivity contribution in [2.45, 2.75) is 6.61 Å². The third kappa shape index (κ3) is 3.42. The van der Waals surface area contributed by atoms with Crippen LogP contribution >= 0.6 is 11.6 Å². The van der Waals surface area contributed by atoms with Gasteiger partial charge in [-0.2, -0.15) is 0 Å². The van der Waals surface area contributed by atoms with E-state index in [0.717, 1.165) is 5.56 Å². The molecule has 0 fully saturated rings. The predicted octanol–water partition coefficient (Wildman–Crippen LogP) is 3.63. The minimum atomic E-state index is -1.01. The molecular weight excluding hydrogens is 280 g/mol. The highest BCUT2D eigenvalue weighted by atomic mass is 35.5. The smallest absolute Gasteiger partial charge is 0.335 e. The molecule has 2 rings (SSSR count). The molecule has 0 heterocycles. The molecule has 0 saturated heterocycles. The van der Waals surface area contributed by atoms with E-state index in [0.29, 0.717) is 23.1 Å². The third-order valence-corrected chi connectivity index (χ3v) is 2.97. The second-order valence-electron chi connectivity index (χ2n) is 4.09. The van der Waals surface area contributed by atoms with Gasteiger partial charge in [0.2, 0.25) is 0 Å². The summed E-state index contributed by atoms with van der Waals surface area (Å²) in [5.74, 6) is -0.129. The van der Waals surface area contributed by atoms with Gasteiger partial charge in [-0.3, -0.25) is 0 Å². The number of carboxylic acids is 1. The van der Waals surface area contributed by atoms with Crippen molar-refractivity contribution in [3.63, 3.8) is 0 Å². The number of methoxy groups -OCH3 is 1. The van der Waals surface area contributed by atoms with Gasteiger partial charge >= 0.3 is 5.97 Å². The van der Waals surface area contributed by atoms with Gasteiger partial charge in [-0.1, -0.05) is 23.7 Å². The number of rotatable bonds is 5. The summed E-state index contributed by atoms with van der Waals surface area (Å²) in [4.78, 5) is 11.0. The molecule has 104 valence electrons.